The van der Waals surface area contributed by atoms with Crippen molar-refractivity contribution in [2.24, 2.45) is 46.8 Å². The lowest BCUT2D eigenvalue weighted by Gasteiger charge is -2.56. The molecule has 24 heavy (non-hydrogen) atoms. The highest BCUT2D eigenvalue weighted by Gasteiger charge is 2.57. The van der Waals surface area contributed by atoms with Crippen LogP contribution >= 0.6 is 15.9 Å². The fourth-order valence-electron chi connectivity index (χ4n) is 7.85. The predicted molar refractivity (Wildman–Crippen MR) is 103 cm³/mol. The average molecular weight is 397 g/mol. The fraction of sp³-hybridized carbons (Fsp3) is 0.909. The number of fused-ring (bicyclic) bond motifs is 5. The van der Waals surface area contributed by atoms with Gasteiger partial charge in [-0.15, -0.1) is 0 Å². The van der Waals surface area contributed by atoms with Gasteiger partial charge in [-0.2, -0.15) is 0 Å². The molecule has 2 heteroatoms. The first kappa shape index (κ1) is 17.6. The van der Waals surface area contributed by atoms with Crippen LogP contribution in [0.5, 0.6) is 0 Å². The van der Waals surface area contributed by atoms with Crippen molar-refractivity contribution >= 4 is 15.9 Å². The van der Waals surface area contributed by atoms with Crippen LogP contribution in [0.1, 0.15) is 64.7 Å². The van der Waals surface area contributed by atoms with E-state index in [1.54, 1.807) is 0 Å². The van der Waals surface area contributed by atoms with Gasteiger partial charge < -0.3 is 0 Å². The molecule has 8 unspecified atom stereocenters. The van der Waals surface area contributed by atoms with E-state index in [4.69, 9.17) is 0 Å². The molecule has 0 saturated heterocycles. The topological polar surface area (TPSA) is 0 Å². The van der Waals surface area contributed by atoms with E-state index in [-0.39, 0.29) is 6.67 Å². The van der Waals surface area contributed by atoms with Crippen LogP contribution in [-0.2, 0) is 0 Å². The maximum absolute atomic E-state index is 13.1. The lowest BCUT2D eigenvalue weighted by molar-refractivity contribution is -0.0654. The Labute approximate surface area is 156 Å². The van der Waals surface area contributed by atoms with Crippen molar-refractivity contribution in [3.05, 3.63) is 12.2 Å². The van der Waals surface area contributed by atoms with Gasteiger partial charge in [-0.25, -0.2) is 0 Å². The minimum Gasteiger partial charge on any atom is -0.251 e. The molecule has 0 amide bonds. The molecular formula is C22H34BrF. The zero-order chi connectivity index (χ0) is 16.9. The second-order valence-electron chi connectivity index (χ2n) is 9.74. The summed E-state index contributed by atoms with van der Waals surface area (Å²) in [4.78, 5) is 0. The lowest BCUT2D eigenvalue weighted by Crippen LogP contribution is -2.48. The van der Waals surface area contributed by atoms with Gasteiger partial charge in [-0.3, -0.25) is 4.39 Å². The van der Waals surface area contributed by atoms with Crippen LogP contribution in [0.25, 0.3) is 0 Å². The number of hydrogen-bond donors (Lipinski definition) is 0. The quantitative estimate of drug-likeness (QED) is 0.363. The monoisotopic (exact) mass is 396 g/mol. The number of alkyl halides is 2. The van der Waals surface area contributed by atoms with Gasteiger partial charge in [0.1, 0.15) is 0 Å². The third kappa shape index (κ3) is 2.65. The highest BCUT2D eigenvalue weighted by Crippen LogP contribution is 2.65. The van der Waals surface area contributed by atoms with Gasteiger partial charge in [0.05, 0.1) is 6.67 Å². The summed E-state index contributed by atoms with van der Waals surface area (Å²) >= 11 is 3.66. The molecule has 0 nitrogen and oxygen atoms in total. The normalized spacial score (nSPS) is 50.7. The molecule has 0 aromatic heterocycles. The summed E-state index contributed by atoms with van der Waals surface area (Å²) in [6, 6.07) is 0. The number of rotatable bonds is 3. The third-order valence-electron chi connectivity index (χ3n) is 8.95. The summed E-state index contributed by atoms with van der Waals surface area (Å²) in [6.07, 6.45) is 12.1. The second-order valence-corrected chi connectivity index (χ2v) is 10.3. The fourth-order valence-corrected chi connectivity index (χ4v) is 8.25. The van der Waals surface area contributed by atoms with Gasteiger partial charge >= 0.3 is 0 Å². The zero-order valence-electron chi connectivity index (χ0n) is 15.3. The molecule has 0 spiro atoms. The highest BCUT2D eigenvalue weighted by atomic mass is 79.9. The van der Waals surface area contributed by atoms with E-state index < -0.39 is 0 Å². The van der Waals surface area contributed by atoms with Crippen molar-refractivity contribution in [3.63, 3.8) is 0 Å². The Balaban J connectivity index is 1.52. The minimum absolute atomic E-state index is 0.0751. The van der Waals surface area contributed by atoms with Crippen molar-refractivity contribution in [1.82, 2.24) is 0 Å². The molecule has 0 radical (unpaired) electrons. The first-order valence-corrected chi connectivity index (χ1v) is 11.5. The minimum atomic E-state index is -0.0751. The first-order chi connectivity index (χ1) is 11.6. The van der Waals surface area contributed by atoms with Gasteiger partial charge in [0, 0.05) is 5.33 Å². The second kappa shape index (κ2) is 6.71. The molecule has 4 fully saturated rings. The Morgan fingerprint density at radius 3 is 2.58 bits per heavy atom. The van der Waals surface area contributed by atoms with E-state index in [0.717, 1.165) is 47.3 Å². The number of halogens is 2. The molecule has 4 aliphatic rings. The number of hydrogen-bond acceptors (Lipinski definition) is 0. The van der Waals surface area contributed by atoms with Gasteiger partial charge in [-0.1, -0.05) is 35.0 Å². The van der Waals surface area contributed by atoms with E-state index in [9.17, 15) is 4.39 Å². The molecule has 0 N–H and O–H groups in total. The predicted octanol–water partition coefficient (Wildman–Crippen LogP) is 6.79. The molecule has 4 aliphatic carbocycles. The van der Waals surface area contributed by atoms with Gasteiger partial charge in [0.15, 0.2) is 0 Å². The molecule has 4 rings (SSSR count). The largest absolute Gasteiger partial charge is 0.251 e. The van der Waals surface area contributed by atoms with Crippen molar-refractivity contribution < 1.29 is 4.39 Å². The van der Waals surface area contributed by atoms with Crippen LogP contribution in [0.3, 0.4) is 0 Å². The van der Waals surface area contributed by atoms with E-state index in [1.807, 2.05) is 0 Å². The summed E-state index contributed by atoms with van der Waals surface area (Å²) in [5, 5.41) is 0.976. The van der Waals surface area contributed by atoms with Crippen LogP contribution < -0.4 is 0 Å². The van der Waals surface area contributed by atoms with Gasteiger partial charge in [0.25, 0.3) is 0 Å². The molecule has 0 aliphatic heterocycles. The Kier molecular flexibility index (Phi) is 4.91. The molecule has 0 bridgehead atoms. The van der Waals surface area contributed by atoms with Crippen LogP contribution in [-0.4, -0.2) is 12.0 Å². The molecule has 0 aromatic carbocycles. The Hall–Kier alpha value is 0.150. The van der Waals surface area contributed by atoms with Gasteiger partial charge in [-0.05, 0) is 105 Å². The van der Waals surface area contributed by atoms with Crippen LogP contribution in [0.4, 0.5) is 4.39 Å². The Bertz CT molecular complexity index is 488. The summed E-state index contributed by atoms with van der Waals surface area (Å²) in [7, 11) is 0. The molecule has 136 valence electrons. The summed E-state index contributed by atoms with van der Waals surface area (Å²) in [5.41, 5.74) is 1.95. The Morgan fingerprint density at radius 1 is 1.04 bits per heavy atom. The molecule has 0 heterocycles. The van der Waals surface area contributed by atoms with Crippen molar-refractivity contribution in [2.75, 3.05) is 12.0 Å². The average Bonchev–Trinajstić information content (AvgIpc) is 2.97. The van der Waals surface area contributed by atoms with E-state index in [0.29, 0.717) is 11.3 Å². The first-order valence-electron chi connectivity index (χ1n) is 10.4. The molecule has 8 atom stereocenters. The smallest absolute Gasteiger partial charge is 0.0922 e. The van der Waals surface area contributed by atoms with Crippen molar-refractivity contribution in [1.29, 1.82) is 0 Å². The molecule has 4 saturated carbocycles. The standard InChI is InChI=1S/C22H34BrF/c1-14(12-23)20-7-8-21-19-6-4-16-11-15(13-24)3-5-17(16)18(19)9-10-22(20,21)2/h15-21H,1,3-13H2,2H3. The van der Waals surface area contributed by atoms with E-state index in [1.165, 1.54) is 56.9 Å². The molecule has 0 aromatic rings. The van der Waals surface area contributed by atoms with Crippen LogP contribution in [0.2, 0.25) is 0 Å². The number of allylic oxidation sites excluding steroid dienone is 1. The van der Waals surface area contributed by atoms with E-state index >= 15 is 0 Å². The summed E-state index contributed by atoms with van der Waals surface area (Å²) in [5.74, 6) is 5.74. The van der Waals surface area contributed by atoms with Crippen molar-refractivity contribution in [3.8, 4) is 0 Å². The highest BCUT2D eigenvalue weighted by molar-refractivity contribution is 9.09. The third-order valence-corrected chi connectivity index (χ3v) is 9.67. The van der Waals surface area contributed by atoms with Crippen molar-refractivity contribution in [2.45, 2.75) is 64.7 Å². The van der Waals surface area contributed by atoms with Gasteiger partial charge in [0.2, 0.25) is 0 Å². The summed E-state index contributed by atoms with van der Waals surface area (Å²) in [6.45, 7) is 6.91. The van der Waals surface area contributed by atoms with Crippen LogP contribution in [0.15, 0.2) is 12.2 Å². The summed E-state index contributed by atoms with van der Waals surface area (Å²) < 4.78 is 13.1. The SMILES string of the molecule is C=C(CBr)C1CCC2C3CCC4CC(CF)CCC4C3CCC12C. The Morgan fingerprint density at radius 2 is 1.83 bits per heavy atom. The zero-order valence-corrected chi connectivity index (χ0v) is 16.9. The maximum Gasteiger partial charge on any atom is 0.0922 e. The molecular weight excluding hydrogens is 363 g/mol. The maximum atomic E-state index is 13.1. The lowest BCUT2D eigenvalue weighted by atomic mass is 9.49. The van der Waals surface area contributed by atoms with E-state index in [2.05, 4.69) is 29.4 Å². The van der Waals surface area contributed by atoms with Crippen LogP contribution in [0, 0.1) is 46.8 Å².